The Balaban J connectivity index is 0.000000206. The highest BCUT2D eigenvalue weighted by Gasteiger charge is 2.17. The number of hydrogen-bond donors (Lipinski definition) is 9. The number of carboxylic acids is 3. The average molecular weight is 1920 g/mol. The van der Waals surface area contributed by atoms with Crippen LogP contribution in [0.5, 0.6) is 34.5 Å². The van der Waals surface area contributed by atoms with E-state index in [0.717, 1.165) is 95.9 Å². The maximum absolute atomic E-state index is 11.0. The van der Waals surface area contributed by atoms with Gasteiger partial charge in [0.05, 0.1) is 116 Å². The molecule has 15 rings (SSSR count). The van der Waals surface area contributed by atoms with Crippen LogP contribution in [0.15, 0.2) is 259 Å². The minimum Gasteiger partial charge on any atom is -0.497 e. The van der Waals surface area contributed by atoms with Crippen molar-refractivity contribution in [2.75, 3.05) is 48.4 Å². The van der Waals surface area contributed by atoms with Gasteiger partial charge in [0.2, 0.25) is 5.91 Å². The van der Waals surface area contributed by atoms with E-state index in [9.17, 15) is 24.0 Å². The van der Waals surface area contributed by atoms with Crippen molar-refractivity contribution in [3.05, 3.63) is 330 Å². The number of primary amides is 1. The number of aromatic carboxylic acids is 3. The summed E-state index contributed by atoms with van der Waals surface area (Å²) in [7, 11) is 8.30. The number of aromatic nitrogens is 8. The van der Waals surface area contributed by atoms with E-state index in [-0.39, 0.29) is 58.3 Å². The van der Waals surface area contributed by atoms with Crippen LogP contribution < -0.4 is 50.8 Å². The van der Waals surface area contributed by atoms with Crippen LogP contribution in [0.3, 0.4) is 0 Å². The first kappa shape index (κ1) is 104. The number of rotatable bonds is 17. The molecule has 11 N–H and O–H groups in total. The first-order chi connectivity index (χ1) is 63.2. The van der Waals surface area contributed by atoms with Gasteiger partial charge in [-0.2, -0.15) is 10.5 Å². The molecule has 0 fully saturated rings. The van der Waals surface area contributed by atoms with Crippen molar-refractivity contribution in [3.63, 3.8) is 0 Å². The zero-order valence-electron chi connectivity index (χ0n) is 70.7. The molecular weight excluding hydrogens is 1850 g/mol. The first-order valence-corrected chi connectivity index (χ1v) is 40.5. The Bertz CT molecular complexity index is 6150. The summed E-state index contributed by atoms with van der Waals surface area (Å²) in [5, 5.41) is 73.6. The van der Waals surface area contributed by atoms with E-state index < -0.39 is 36.8 Å². The number of nitriles is 2. The van der Waals surface area contributed by atoms with E-state index in [1.807, 2.05) is 165 Å². The van der Waals surface area contributed by atoms with Crippen molar-refractivity contribution in [2.45, 2.75) is 13.8 Å². The third-order valence-corrected chi connectivity index (χ3v) is 19.4. The molecule has 2 amide bonds. The molecule has 15 aromatic rings. The van der Waals surface area contributed by atoms with Crippen molar-refractivity contribution in [1.82, 2.24) is 45.5 Å². The fraction of sp³-hybridized carbons (Fsp3) is 0.0860. The molecule has 0 unspecified atom stereocenters. The number of amides is 2. The van der Waals surface area contributed by atoms with Gasteiger partial charge in [-0.15, -0.1) is 0 Å². The van der Waals surface area contributed by atoms with Crippen molar-refractivity contribution in [1.29, 1.82) is 10.5 Å². The molecule has 0 aliphatic heterocycles. The van der Waals surface area contributed by atoms with Gasteiger partial charge >= 0.3 is 25.0 Å². The van der Waals surface area contributed by atoms with Crippen LogP contribution in [0.2, 0.25) is 36.1 Å². The Labute approximate surface area is 790 Å². The predicted molar refractivity (Wildman–Crippen MR) is 504 cm³/mol. The topological polar surface area (TPSA) is 490 Å². The third kappa shape index (κ3) is 31.7. The number of nitrogens with one attached hydrogen (secondary N) is 1. The molecule has 0 saturated heterocycles. The van der Waals surface area contributed by atoms with E-state index in [2.05, 4.69) is 40.0 Å². The fourth-order valence-corrected chi connectivity index (χ4v) is 12.1. The molecule has 8 aromatic heterocycles. The summed E-state index contributed by atoms with van der Waals surface area (Å²) in [5.74, 6) is 0.669. The van der Waals surface area contributed by atoms with Crippen molar-refractivity contribution >= 4 is 140 Å². The summed E-state index contributed by atoms with van der Waals surface area (Å²) < 4.78 is 35.5. The van der Waals surface area contributed by atoms with Gasteiger partial charge in [-0.05, 0) is 243 Å². The van der Waals surface area contributed by atoms with Crippen molar-refractivity contribution in [3.8, 4) is 114 Å². The fourth-order valence-electron chi connectivity index (χ4n) is 10.5. The number of aryl methyl sites for hydroxylation is 1. The molecule has 0 saturated carbocycles. The lowest BCUT2D eigenvalue weighted by molar-refractivity contribution is -0.126. The third-order valence-electron chi connectivity index (χ3n) is 17.5. The van der Waals surface area contributed by atoms with Gasteiger partial charge in [-0.3, -0.25) is 14.8 Å². The number of nitrogens with two attached hydrogens (primary N) is 2. The number of benzene rings is 7. The van der Waals surface area contributed by atoms with Gasteiger partial charge < -0.3 is 69.8 Å². The number of carbonyl (C=O) groups excluding carboxylic acids is 2. The number of nitrogen functional groups attached to an aromatic ring is 1. The lowest BCUT2D eigenvalue weighted by atomic mass is 9.80. The van der Waals surface area contributed by atoms with Crippen LogP contribution in [0.1, 0.15) is 65.0 Å². The van der Waals surface area contributed by atoms with Gasteiger partial charge in [0.15, 0.2) is 5.82 Å². The molecule has 0 aliphatic rings. The zero-order chi connectivity index (χ0) is 96.7. The van der Waals surface area contributed by atoms with Crippen LogP contribution in [-0.2, 0) is 4.79 Å². The number of carboxylic acid groups (broad SMARTS) is 3. The van der Waals surface area contributed by atoms with Crippen LogP contribution in [0, 0.1) is 29.6 Å². The average Bonchev–Trinajstić information content (AvgIpc) is 1.70. The Hall–Kier alpha value is -15.0. The second-order valence-corrected chi connectivity index (χ2v) is 28.6. The standard InChI is InChI=1S/C13H11ClN2O2.2C13H9ClN2O.2C13H10ClNO3.C13H11N3O2.C7H9BO2.C6H3Cl2NO2.C2H5NO2/c1-18-9-4-2-8(3-5-9)11-7-6-10(13(15)17)12(14)16-11;2*1-17-11-5-2-9(3-6-11)12-7-4-10(8-15)13(14)16-12;2*1-18-9-4-2-8(3-5-9)11-7-6-10(13(16)17)12(14)15-11;1-17-9-4-2-8(3-5-9)11-7-6-10-12(14)16-18-13(10)15-11;1-6-2-4-7(5-3-6)8(9)10;7-4-2-1-3(6(10)11)5(8)9-4;1-2(4)3-5/h2-7H,1H3,(H2,15,17);2*2-7H,1H3;2*2-7H,1H3,(H,16,17);2-7H,1H3,(H2,14,16);2-5,9-10H,1H3;1-2H,(H,10,11);5H,1H3,(H,3,4). The molecule has 7 aromatic carbocycles. The number of methoxy groups -OCH3 is 6. The van der Waals surface area contributed by atoms with Crippen LogP contribution >= 0.6 is 81.2 Å². The largest absolute Gasteiger partial charge is 0.497 e. The molecule has 132 heavy (non-hydrogen) atoms. The molecule has 674 valence electrons. The zero-order valence-corrected chi connectivity index (χ0v) is 76.0. The monoisotopic (exact) mass is 1920 g/mol. The van der Waals surface area contributed by atoms with Gasteiger partial charge in [0, 0.05) is 40.3 Å². The summed E-state index contributed by atoms with van der Waals surface area (Å²) in [6.07, 6.45) is 0. The molecule has 8 heterocycles. The van der Waals surface area contributed by atoms with Crippen molar-refractivity contribution < 1.29 is 87.5 Å². The van der Waals surface area contributed by atoms with Crippen LogP contribution in [-0.4, -0.2) is 150 Å². The lowest BCUT2D eigenvalue weighted by Gasteiger charge is -2.05. The second kappa shape index (κ2) is 52.4. The molecule has 0 spiro atoms. The molecule has 31 nitrogen and oxygen atoms in total. The molecule has 0 bridgehead atoms. The first-order valence-electron chi connectivity index (χ1n) is 37.9. The quantitative estimate of drug-likeness (QED) is 0.0177. The number of hydrogen-bond acceptors (Lipinski definition) is 26. The number of carbonyl (C=O) groups is 5. The molecule has 0 aliphatic carbocycles. The molecular formula is C93H77BCl7N13O18. The van der Waals surface area contributed by atoms with Crippen LogP contribution in [0.4, 0.5) is 5.82 Å². The number of fused-ring (bicyclic) bond motifs is 1. The molecule has 0 radical (unpaired) electrons. The minimum absolute atomic E-state index is 0.00562. The SMILES string of the molecule is CC(=O)NO.COc1ccc(-c2ccc(C#N)c(Cl)n2)cc1.COc1ccc(-c2ccc(C#N)c(Cl)n2)cc1.COc1ccc(-c2ccc(C(=O)O)c(Cl)n2)cc1.COc1ccc(-c2ccc(C(=O)O)c(Cl)n2)cc1.COc1ccc(-c2ccc(C(N)=O)c(Cl)n2)cc1.COc1ccc(-c2ccc3c(N)noc3n2)cc1.Cc1ccc(B(O)O)cc1.O=C(O)c1ccc(Cl)nc1Cl. The number of nitrogens with zero attached hydrogens (tertiary/aromatic N) is 10. The Morgan fingerprint density at radius 1 is 0.371 bits per heavy atom. The van der Waals surface area contributed by atoms with Gasteiger partial charge in [0.1, 0.15) is 82.7 Å². The minimum atomic E-state index is -1.35. The van der Waals surface area contributed by atoms with E-state index in [1.54, 1.807) is 128 Å². The van der Waals surface area contributed by atoms with Crippen LogP contribution in [0.25, 0.3) is 78.6 Å². The number of ether oxygens (including phenoxy) is 6. The van der Waals surface area contributed by atoms with E-state index >= 15 is 0 Å². The summed E-state index contributed by atoms with van der Waals surface area (Å²) in [6.45, 7) is 3.17. The second-order valence-electron chi connectivity index (χ2n) is 26.1. The normalized spacial score (nSPS) is 9.88. The van der Waals surface area contributed by atoms with E-state index in [1.165, 1.54) is 36.7 Å². The lowest BCUT2D eigenvalue weighted by Crippen LogP contribution is -2.29. The predicted octanol–water partition coefficient (Wildman–Crippen LogP) is 19.0. The Morgan fingerprint density at radius 3 is 0.871 bits per heavy atom. The Morgan fingerprint density at radius 2 is 0.629 bits per heavy atom. The number of anilines is 1. The number of pyridine rings is 7. The Kier molecular flexibility index (Phi) is 41.3. The van der Waals surface area contributed by atoms with E-state index in [4.69, 9.17) is 167 Å². The van der Waals surface area contributed by atoms with Gasteiger partial charge in [-0.1, -0.05) is 116 Å². The van der Waals surface area contributed by atoms with Crippen molar-refractivity contribution in [2.24, 2.45) is 5.73 Å². The summed E-state index contributed by atoms with van der Waals surface area (Å²) in [5.41, 5.74) is 24.8. The highest BCUT2D eigenvalue weighted by Crippen LogP contribution is 2.32. The van der Waals surface area contributed by atoms with Gasteiger partial charge in [0.25, 0.3) is 11.6 Å². The number of hydroxylamine groups is 1. The summed E-state index contributed by atoms with van der Waals surface area (Å²) in [6, 6.07) is 78.2. The maximum atomic E-state index is 11.0. The van der Waals surface area contributed by atoms with E-state index in [0.29, 0.717) is 45.2 Å². The molecule has 0 atom stereocenters. The number of halogens is 7. The molecule has 39 heteroatoms. The highest BCUT2D eigenvalue weighted by molar-refractivity contribution is 6.58. The maximum Gasteiger partial charge on any atom is 0.488 e. The van der Waals surface area contributed by atoms with Gasteiger partial charge in [-0.25, -0.2) is 54.8 Å². The summed E-state index contributed by atoms with van der Waals surface area (Å²) >= 11 is 40.2. The summed E-state index contributed by atoms with van der Waals surface area (Å²) in [4.78, 5) is 81.0. The smallest absolute Gasteiger partial charge is 0.488 e. The highest BCUT2D eigenvalue weighted by atomic mass is 35.5.